The Labute approximate surface area is 189 Å². The van der Waals surface area contributed by atoms with E-state index in [4.69, 9.17) is 9.84 Å². The summed E-state index contributed by atoms with van der Waals surface area (Å²) in [7, 11) is 0. The number of carbonyl (C=O) groups excluding carboxylic acids is 1. The second-order valence-electron chi connectivity index (χ2n) is 7.24. The van der Waals surface area contributed by atoms with Gasteiger partial charge in [0.25, 0.3) is 5.91 Å². The van der Waals surface area contributed by atoms with E-state index in [1.807, 2.05) is 55.5 Å². The van der Waals surface area contributed by atoms with Crippen molar-refractivity contribution in [2.75, 3.05) is 11.9 Å². The molecule has 5 rings (SSSR count). The van der Waals surface area contributed by atoms with Crippen molar-refractivity contribution in [1.29, 1.82) is 0 Å². The average Bonchev–Trinajstić information content (AvgIpc) is 3.29. The van der Waals surface area contributed by atoms with Gasteiger partial charge in [-0.2, -0.15) is 9.61 Å². The quantitative estimate of drug-likeness (QED) is 0.421. The summed E-state index contributed by atoms with van der Waals surface area (Å²) in [4.78, 5) is 16.7. The molecule has 0 saturated heterocycles. The van der Waals surface area contributed by atoms with Crippen molar-refractivity contribution in [3.05, 3.63) is 90.8 Å². The molecular formula is C25H20N6O2. The Morgan fingerprint density at radius 2 is 1.76 bits per heavy atom. The van der Waals surface area contributed by atoms with E-state index in [2.05, 4.69) is 20.5 Å². The van der Waals surface area contributed by atoms with Crippen molar-refractivity contribution in [3.8, 4) is 28.4 Å². The molecule has 1 N–H and O–H groups in total. The fourth-order valence-electron chi connectivity index (χ4n) is 3.41. The zero-order chi connectivity index (χ0) is 22.6. The van der Waals surface area contributed by atoms with Gasteiger partial charge in [0, 0.05) is 34.8 Å². The Bertz CT molecular complexity index is 1400. The molecule has 8 heteroatoms. The number of amides is 1. The summed E-state index contributed by atoms with van der Waals surface area (Å²) in [6.07, 6.45) is 3.44. The summed E-state index contributed by atoms with van der Waals surface area (Å²) in [5, 5.41) is 16.1. The van der Waals surface area contributed by atoms with E-state index < -0.39 is 0 Å². The van der Waals surface area contributed by atoms with Gasteiger partial charge in [-0.05, 0) is 67.6 Å². The average molecular weight is 436 g/mol. The van der Waals surface area contributed by atoms with Crippen molar-refractivity contribution in [1.82, 2.24) is 24.8 Å². The maximum Gasteiger partial charge on any atom is 0.255 e. The lowest BCUT2D eigenvalue weighted by Crippen LogP contribution is -2.11. The first-order chi connectivity index (χ1) is 16.2. The van der Waals surface area contributed by atoms with Crippen LogP contribution >= 0.6 is 0 Å². The topological polar surface area (TPSA) is 94.3 Å². The van der Waals surface area contributed by atoms with Crippen LogP contribution in [-0.4, -0.2) is 37.3 Å². The van der Waals surface area contributed by atoms with Crippen LogP contribution in [0.2, 0.25) is 0 Å². The molecule has 0 aliphatic rings. The molecule has 0 aliphatic heterocycles. The van der Waals surface area contributed by atoms with Crippen LogP contribution in [0.15, 0.2) is 85.2 Å². The van der Waals surface area contributed by atoms with Gasteiger partial charge in [0.2, 0.25) is 0 Å². The summed E-state index contributed by atoms with van der Waals surface area (Å²) in [5.74, 6) is 1.18. The number of rotatable bonds is 6. The molecule has 0 bridgehead atoms. The summed E-state index contributed by atoms with van der Waals surface area (Å²) in [5.41, 5.74) is 4.40. The normalized spacial score (nSPS) is 10.8. The van der Waals surface area contributed by atoms with Crippen LogP contribution in [0.5, 0.6) is 5.75 Å². The molecule has 3 heterocycles. The maximum absolute atomic E-state index is 12.5. The third kappa shape index (κ3) is 4.27. The summed E-state index contributed by atoms with van der Waals surface area (Å²) in [6.45, 7) is 2.51. The van der Waals surface area contributed by atoms with Crippen molar-refractivity contribution in [3.63, 3.8) is 0 Å². The lowest BCUT2D eigenvalue weighted by atomic mass is 10.1. The summed E-state index contributed by atoms with van der Waals surface area (Å²) < 4.78 is 7.12. The molecule has 1 amide bonds. The molecule has 0 radical (unpaired) electrons. The van der Waals surface area contributed by atoms with Crippen LogP contribution in [0.3, 0.4) is 0 Å². The second kappa shape index (κ2) is 8.88. The number of nitrogens with zero attached hydrogens (tertiary/aromatic N) is 5. The van der Waals surface area contributed by atoms with Gasteiger partial charge < -0.3 is 10.1 Å². The number of aromatic nitrogens is 5. The predicted molar refractivity (Wildman–Crippen MR) is 125 cm³/mol. The minimum absolute atomic E-state index is 0.184. The maximum atomic E-state index is 12.5. The van der Waals surface area contributed by atoms with Crippen molar-refractivity contribution < 1.29 is 9.53 Å². The molecule has 0 unspecified atom stereocenters. The van der Waals surface area contributed by atoms with Crippen LogP contribution in [0.4, 0.5) is 5.69 Å². The number of pyridine rings is 1. The number of carbonyl (C=O) groups is 1. The third-order valence-corrected chi connectivity index (χ3v) is 5.05. The van der Waals surface area contributed by atoms with Crippen LogP contribution < -0.4 is 10.1 Å². The van der Waals surface area contributed by atoms with Gasteiger partial charge in [0.15, 0.2) is 11.5 Å². The van der Waals surface area contributed by atoms with Crippen molar-refractivity contribution in [2.45, 2.75) is 6.92 Å². The second-order valence-corrected chi connectivity index (χ2v) is 7.24. The molecule has 0 fully saturated rings. The fourth-order valence-corrected chi connectivity index (χ4v) is 3.41. The number of hydrogen-bond acceptors (Lipinski definition) is 6. The van der Waals surface area contributed by atoms with Gasteiger partial charge >= 0.3 is 0 Å². The highest BCUT2D eigenvalue weighted by molar-refractivity contribution is 6.04. The Hall–Kier alpha value is -4.59. The van der Waals surface area contributed by atoms with E-state index >= 15 is 0 Å². The van der Waals surface area contributed by atoms with Crippen LogP contribution in [0, 0.1) is 0 Å². The summed E-state index contributed by atoms with van der Waals surface area (Å²) >= 11 is 0. The van der Waals surface area contributed by atoms with Crippen molar-refractivity contribution >= 4 is 17.2 Å². The summed E-state index contributed by atoms with van der Waals surface area (Å²) in [6, 6.07) is 22.1. The van der Waals surface area contributed by atoms with E-state index in [9.17, 15) is 4.79 Å². The highest BCUT2D eigenvalue weighted by atomic mass is 16.5. The molecule has 0 saturated carbocycles. The van der Waals surface area contributed by atoms with Gasteiger partial charge in [-0.25, -0.2) is 0 Å². The molecule has 8 nitrogen and oxygen atoms in total. The highest BCUT2D eigenvalue weighted by Gasteiger charge is 2.11. The molecular weight excluding hydrogens is 416 g/mol. The smallest absolute Gasteiger partial charge is 0.255 e. The number of fused-ring (bicyclic) bond motifs is 1. The molecule has 2 aromatic carbocycles. The van der Waals surface area contributed by atoms with E-state index in [1.54, 1.807) is 41.2 Å². The molecule has 5 aromatic rings. The molecule has 0 aliphatic carbocycles. The molecule has 0 atom stereocenters. The van der Waals surface area contributed by atoms with Crippen molar-refractivity contribution in [2.24, 2.45) is 0 Å². The van der Waals surface area contributed by atoms with Gasteiger partial charge in [-0.3, -0.25) is 9.78 Å². The Morgan fingerprint density at radius 1 is 0.939 bits per heavy atom. The molecule has 3 aromatic heterocycles. The van der Waals surface area contributed by atoms with Gasteiger partial charge in [0.1, 0.15) is 5.75 Å². The Balaban J connectivity index is 1.35. The van der Waals surface area contributed by atoms with E-state index in [-0.39, 0.29) is 5.91 Å². The lowest BCUT2D eigenvalue weighted by Gasteiger charge is -2.08. The van der Waals surface area contributed by atoms with Crippen LogP contribution in [-0.2, 0) is 0 Å². The van der Waals surface area contributed by atoms with Crippen LogP contribution in [0.25, 0.3) is 28.3 Å². The number of hydrogen-bond donors (Lipinski definition) is 1. The zero-order valence-corrected chi connectivity index (χ0v) is 17.8. The lowest BCUT2D eigenvalue weighted by molar-refractivity contribution is 0.102. The van der Waals surface area contributed by atoms with E-state index in [0.29, 0.717) is 29.3 Å². The number of nitrogens with one attached hydrogen (secondary N) is 1. The predicted octanol–water partition coefficient (Wildman–Crippen LogP) is 4.50. The Morgan fingerprint density at radius 3 is 2.48 bits per heavy atom. The minimum atomic E-state index is -0.184. The largest absolute Gasteiger partial charge is 0.494 e. The Kier molecular flexibility index (Phi) is 5.47. The third-order valence-electron chi connectivity index (χ3n) is 5.05. The standard InChI is InChI=1S/C25H20N6O2/c1-2-33-21-11-7-18(8-12-21)25(32)27-20-9-5-17(6-10-20)22-13-14-23-28-29-24(31(23)30-22)19-4-3-15-26-16-19/h3-16H,2H2,1H3,(H,27,32). The van der Waals surface area contributed by atoms with Gasteiger partial charge in [0.05, 0.1) is 12.3 Å². The van der Waals surface area contributed by atoms with E-state index in [1.165, 1.54) is 0 Å². The fraction of sp³-hybridized carbons (Fsp3) is 0.0800. The first-order valence-electron chi connectivity index (χ1n) is 10.5. The SMILES string of the molecule is CCOc1ccc(C(=O)Nc2ccc(-c3ccc4nnc(-c5cccnc5)n4n3)cc2)cc1. The van der Waals surface area contributed by atoms with Crippen LogP contribution in [0.1, 0.15) is 17.3 Å². The van der Waals surface area contributed by atoms with Gasteiger partial charge in [-0.1, -0.05) is 12.1 Å². The number of ether oxygens (including phenoxy) is 1. The highest BCUT2D eigenvalue weighted by Crippen LogP contribution is 2.23. The number of anilines is 1. The van der Waals surface area contributed by atoms with Gasteiger partial charge in [-0.15, -0.1) is 10.2 Å². The monoisotopic (exact) mass is 436 g/mol. The number of benzene rings is 2. The first kappa shape index (κ1) is 20.3. The zero-order valence-electron chi connectivity index (χ0n) is 17.8. The first-order valence-corrected chi connectivity index (χ1v) is 10.5. The molecule has 33 heavy (non-hydrogen) atoms. The minimum Gasteiger partial charge on any atom is -0.494 e. The van der Waals surface area contributed by atoms with E-state index in [0.717, 1.165) is 22.6 Å². The molecule has 0 spiro atoms. The molecule has 162 valence electrons.